The van der Waals surface area contributed by atoms with Gasteiger partial charge in [-0.2, -0.15) is 0 Å². The number of rotatable bonds is 2. The molecule has 0 bridgehead atoms. The highest BCUT2D eigenvalue weighted by atomic mass is 79.9. The van der Waals surface area contributed by atoms with Crippen LogP contribution < -0.4 is 11.3 Å². The zero-order chi connectivity index (χ0) is 13.4. The minimum atomic E-state index is -0.173. The summed E-state index contributed by atoms with van der Waals surface area (Å²) < 4.78 is 4.41. The van der Waals surface area contributed by atoms with Gasteiger partial charge < -0.3 is 5.73 Å². The highest BCUT2D eigenvalue weighted by Crippen LogP contribution is 2.23. The molecule has 0 fully saturated rings. The zero-order valence-electron chi connectivity index (χ0n) is 10.6. The Morgan fingerprint density at radius 3 is 2.44 bits per heavy atom. The Balaban J connectivity index is 2.84. The van der Waals surface area contributed by atoms with Crippen LogP contribution in [-0.4, -0.2) is 9.36 Å². The first-order chi connectivity index (χ1) is 8.45. The Labute approximate surface area is 114 Å². The molecule has 0 spiro atoms. The number of nitrogens with zero attached hydrogens (tertiary/aromatic N) is 2. The number of benzene rings is 1. The molecule has 96 valence electrons. The molecule has 2 N–H and O–H groups in total. The van der Waals surface area contributed by atoms with Gasteiger partial charge in [-0.15, -0.1) is 0 Å². The average molecular weight is 310 g/mol. The molecule has 0 saturated carbocycles. The van der Waals surface area contributed by atoms with Gasteiger partial charge in [-0.1, -0.05) is 12.1 Å². The normalized spacial score (nSPS) is 11.2. The fraction of sp³-hybridized carbons (Fsp3) is 0.308. The van der Waals surface area contributed by atoms with E-state index in [0.29, 0.717) is 5.69 Å². The molecule has 1 aromatic heterocycles. The van der Waals surface area contributed by atoms with Crippen molar-refractivity contribution >= 4 is 21.6 Å². The molecule has 1 aromatic carbocycles. The van der Waals surface area contributed by atoms with Gasteiger partial charge in [0.1, 0.15) is 5.69 Å². The molecule has 0 unspecified atom stereocenters. The van der Waals surface area contributed by atoms with Crippen molar-refractivity contribution in [2.45, 2.75) is 26.8 Å². The van der Waals surface area contributed by atoms with Gasteiger partial charge in [0.2, 0.25) is 0 Å². The molecule has 2 rings (SSSR count). The van der Waals surface area contributed by atoms with E-state index in [1.807, 2.05) is 49.7 Å². The van der Waals surface area contributed by atoms with E-state index in [-0.39, 0.29) is 11.6 Å². The highest BCUT2D eigenvalue weighted by molar-refractivity contribution is 9.10. The number of nitrogen functional groups attached to an aromatic ring is 1. The lowest BCUT2D eigenvalue weighted by Crippen LogP contribution is -2.23. The maximum atomic E-state index is 12.3. The molecule has 0 aliphatic rings. The standard InChI is InChI=1S/C13H16BrN3O/c1-8(2)16-9(3)12(15)13(18)17(16)11-7-5-4-6-10(11)14/h4-8H,15H2,1-3H3. The molecular weight excluding hydrogens is 294 g/mol. The molecule has 18 heavy (non-hydrogen) atoms. The van der Waals surface area contributed by atoms with E-state index in [4.69, 9.17) is 5.73 Å². The minimum Gasteiger partial charge on any atom is -0.393 e. The van der Waals surface area contributed by atoms with E-state index in [9.17, 15) is 4.79 Å². The maximum absolute atomic E-state index is 12.3. The number of aromatic nitrogens is 2. The lowest BCUT2D eigenvalue weighted by Gasteiger charge is -2.17. The van der Waals surface area contributed by atoms with Gasteiger partial charge in [-0.25, -0.2) is 4.68 Å². The number of hydrogen-bond acceptors (Lipinski definition) is 2. The van der Waals surface area contributed by atoms with Crippen LogP contribution in [0.5, 0.6) is 0 Å². The predicted molar refractivity (Wildman–Crippen MR) is 77.3 cm³/mol. The average Bonchev–Trinajstić information content (AvgIpc) is 2.54. The van der Waals surface area contributed by atoms with E-state index in [2.05, 4.69) is 15.9 Å². The van der Waals surface area contributed by atoms with Crippen molar-refractivity contribution in [2.24, 2.45) is 0 Å². The molecular formula is C13H16BrN3O. The van der Waals surface area contributed by atoms with Crippen LogP contribution in [0.1, 0.15) is 25.6 Å². The van der Waals surface area contributed by atoms with E-state index in [0.717, 1.165) is 15.9 Å². The Morgan fingerprint density at radius 2 is 1.89 bits per heavy atom. The van der Waals surface area contributed by atoms with Gasteiger partial charge in [0, 0.05) is 10.5 Å². The van der Waals surface area contributed by atoms with Gasteiger partial charge >= 0.3 is 0 Å². The number of anilines is 1. The van der Waals surface area contributed by atoms with Crippen LogP contribution in [0.15, 0.2) is 33.5 Å². The van der Waals surface area contributed by atoms with Crippen LogP contribution in [0.3, 0.4) is 0 Å². The summed E-state index contributed by atoms with van der Waals surface area (Å²) in [7, 11) is 0. The topological polar surface area (TPSA) is 53.0 Å². The number of halogens is 1. The summed E-state index contributed by atoms with van der Waals surface area (Å²) in [5.41, 5.74) is 7.59. The van der Waals surface area contributed by atoms with E-state index >= 15 is 0 Å². The Kier molecular flexibility index (Phi) is 3.34. The molecule has 0 saturated heterocycles. The van der Waals surface area contributed by atoms with Gasteiger partial charge in [0.15, 0.2) is 0 Å². The van der Waals surface area contributed by atoms with Crippen molar-refractivity contribution in [2.75, 3.05) is 5.73 Å². The van der Waals surface area contributed by atoms with Crippen molar-refractivity contribution < 1.29 is 0 Å². The summed E-state index contributed by atoms with van der Waals surface area (Å²) in [6.45, 7) is 5.92. The number of hydrogen-bond donors (Lipinski definition) is 1. The highest BCUT2D eigenvalue weighted by Gasteiger charge is 2.18. The largest absolute Gasteiger partial charge is 0.393 e. The number of para-hydroxylation sites is 1. The van der Waals surface area contributed by atoms with Crippen molar-refractivity contribution in [3.63, 3.8) is 0 Å². The second kappa shape index (κ2) is 4.65. The maximum Gasteiger partial charge on any atom is 0.294 e. The van der Waals surface area contributed by atoms with E-state index < -0.39 is 0 Å². The molecule has 0 aliphatic carbocycles. The SMILES string of the molecule is Cc1c(N)c(=O)n(-c2ccccc2Br)n1C(C)C. The third-order valence-electron chi connectivity index (χ3n) is 2.94. The molecule has 1 heterocycles. The van der Waals surface area contributed by atoms with Gasteiger partial charge in [-0.3, -0.25) is 9.48 Å². The summed E-state index contributed by atoms with van der Waals surface area (Å²) in [4.78, 5) is 12.3. The van der Waals surface area contributed by atoms with Crippen molar-refractivity contribution in [1.82, 2.24) is 9.36 Å². The third-order valence-corrected chi connectivity index (χ3v) is 3.61. The van der Waals surface area contributed by atoms with Crippen LogP contribution in [0.4, 0.5) is 5.69 Å². The van der Waals surface area contributed by atoms with Gasteiger partial charge in [0.05, 0.1) is 11.4 Å². The predicted octanol–water partition coefficient (Wildman–Crippen LogP) is 2.87. The first-order valence-electron chi connectivity index (χ1n) is 5.79. The Morgan fingerprint density at radius 1 is 1.28 bits per heavy atom. The lowest BCUT2D eigenvalue weighted by atomic mass is 10.3. The first kappa shape index (κ1) is 13.0. The Bertz CT molecular complexity index is 640. The fourth-order valence-electron chi connectivity index (χ4n) is 2.11. The van der Waals surface area contributed by atoms with Gasteiger partial charge in [-0.05, 0) is 48.8 Å². The number of nitrogens with two attached hydrogens (primary N) is 1. The molecule has 5 heteroatoms. The van der Waals surface area contributed by atoms with Gasteiger partial charge in [0.25, 0.3) is 5.56 Å². The van der Waals surface area contributed by atoms with Crippen LogP contribution in [0.2, 0.25) is 0 Å². The van der Waals surface area contributed by atoms with E-state index in [1.165, 1.54) is 0 Å². The molecule has 2 aromatic rings. The fourth-order valence-corrected chi connectivity index (χ4v) is 2.56. The van der Waals surface area contributed by atoms with Crippen molar-refractivity contribution in [1.29, 1.82) is 0 Å². The summed E-state index contributed by atoms with van der Waals surface area (Å²) in [6.07, 6.45) is 0. The van der Waals surface area contributed by atoms with E-state index in [1.54, 1.807) is 4.68 Å². The summed E-state index contributed by atoms with van der Waals surface area (Å²) in [5.74, 6) is 0. The minimum absolute atomic E-state index is 0.155. The van der Waals surface area contributed by atoms with Crippen LogP contribution >= 0.6 is 15.9 Å². The first-order valence-corrected chi connectivity index (χ1v) is 6.59. The van der Waals surface area contributed by atoms with Crippen molar-refractivity contribution in [3.05, 3.63) is 44.8 Å². The lowest BCUT2D eigenvalue weighted by molar-refractivity contribution is 0.466. The third kappa shape index (κ3) is 1.88. The molecule has 0 amide bonds. The van der Waals surface area contributed by atoms with Crippen LogP contribution in [0, 0.1) is 6.92 Å². The smallest absolute Gasteiger partial charge is 0.294 e. The Hall–Kier alpha value is -1.49. The summed E-state index contributed by atoms with van der Waals surface area (Å²) in [5, 5.41) is 0. The zero-order valence-corrected chi connectivity index (χ0v) is 12.2. The molecule has 0 radical (unpaired) electrons. The second-order valence-electron chi connectivity index (χ2n) is 4.51. The molecule has 0 atom stereocenters. The molecule has 4 nitrogen and oxygen atoms in total. The second-order valence-corrected chi connectivity index (χ2v) is 5.36. The monoisotopic (exact) mass is 309 g/mol. The van der Waals surface area contributed by atoms with Crippen LogP contribution in [-0.2, 0) is 0 Å². The molecule has 0 aliphatic heterocycles. The van der Waals surface area contributed by atoms with Crippen LogP contribution in [0.25, 0.3) is 5.69 Å². The quantitative estimate of drug-likeness (QED) is 0.927. The van der Waals surface area contributed by atoms with Crippen molar-refractivity contribution in [3.8, 4) is 5.69 Å². The summed E-state index contributed by atoms with van der Waals surface area (Å²) >= 11 is 3.47. The summed E-state index contributed by atoms with van der Waals surface area (Å²) in [6, 6.07) is 7.77.